The van der Waals surface area contributed by atoms with E-state index in [9.17, 15) is 29.7 Å². The van der Waals surface area contributed by atoms with Crippen molar-refractivity contribution in [3.05, 3.63) is 24.0 Å². The summed E-state index contributed by atoms with van der Waals surface area (Å²) in [6.07, 6.45) is 4.60. The first-order chi connectivity index (χ1) is 16.1. The van der Waals surface area contributed by atoms with Gasteiger partial charge in [0.2, 0.25) is 0 Å². The fraction of sp³-hybridized carbons (Fsp3) is 0.741. The van der Waals surface area contributed by atoms with Crippen molar-refractivity contribution < 1.29 is 39.5 Å². The van der Waals surface area contributed by atoms with Gasteiger partial charge in [-0.15, -0.1) is 0 Å². The van der Waals surface area contributed by atoms with Crippen molar-refractivity contribution in [3.8, 4) is 0 Å². The number of aliphatic hydroxyl groups excluding tert-OH is 1. The lowest BCUT2D eigenvalue weighted by Crippen LogP contribution is -2.65. The minimum atomic E-state index is -1.28. The van der Waals surface area contributed by atoms with Crippen LogP contribution in [0.25, 0.3) is 0 Å². The van der Waals surface area contributed by atoms with Gasteiger partial charge in [-0.1, -0.05) is 26.3 Å². The Morgan fingerprint density at radius 3 is 2.29 bits per heavy atom. The summed E-state index contributed by atoms with van der Waals surface area (Å²) in [4.78, 5) is 36.8. The van der Waals surface area contributed by atoms with Crippen molar-refractivity contribution in [2.24, 2.45) is 35.0 Å². The maximum Gasteiger partial charge on any atom is 0.328 e. The number of carbonyl (C=O) groups excluding carboxylic acids is 2. The first kappa shape index (κ1) is 29.0. The fourth-order valence-electron chi connectivity index (χ4n) is 7.60. The second-order valence-electron chi connectivity index (χ2n) is 11.5. The van der Waals surface area contributed by atoms with E-state index in [4.69, 9.17) is 9.84 Å². The number of allylic oxidation sites excluding steroid dienone is 1. The molecule has 2 aliphatic rings. The van der Waals surface area contributed by atoms with Gasteiger partial charge in [-0.2, -0.15) is 0 Å². The van der Waals surface area contributed by atoms with E-state index < -0.39 is 34.5 Å². The highest BCUT2D eigenvalue weighted by Gasteiger charge is 2.64. The summed E-state index contributed by atoms with van der Waals surface area (Å²) in [5, 5.41) is 40.9. The second kappa shape index (κ2) is 10.8. The largest absolute Gasteiger partial charge is 0.515 e. The van der Waals surface area contributed by atoms with Gasteiger partial charge >= 0.3 is 11.9 Å². The number of esters is 1. The number of fused-ring (bicyclic) bond motifs is 1. The first-order valence-corrected chi connectivity index (χ1v) is 12.4. The molecule has 0 aromatic carbocycles. The summed E-state index contributed by atoms with van der Waals surface area (Å²) in [5.74, 6) is -3.16. The summed E-state index contributed by atoms with van der Waals surface area (Å²) in [6.45, 7) is 10.8. The summed E-state index contributed by atoms with van der Waals surface area (Å²) < 4.78 is 5.52. The van der Waals surface area contributed by atoms with Gasteiger partial charge in [-0.3, -0.25) is 9.59 Å². The van der Waals surface area contributed by atoms with E-state index in [-0.39, 0.29) is 42.5 Å². The maximum atomic E-state index is 13.6. The summed E-state index contributed by atoms with van der Waals surface area (Å²) >= 11 is 0. The average Bonchev–Trinajstić information content (AvgIpc) is 2.67. The Kier molecular flexibility index (Phi) is 8.98. The van der Waals surface area contributed by atoms with E-state index in [0.717, 1.165) is 18.4 Å². The maximum absolute atomic E-state index is 13.6. The van der Waals surface area contributed by atoms with Crippen LogP contribution >= 0.6 is 0 Å². The number of aliphatic carboxylic acids is 1. The van der Waals surface area contributed by atoms with Crippen LogP contribution in [-0.2, 0) is 19.1 Å². The summed E-state index contributed by atoms with van der Waals surface area (Å²) in [6, 6.07) is 0. The van der Waals surface area contributed by atoms with Crippen molar-refractivity contribution in [3.63, 3.8) is 0 Å². The molecule has 2 aliphatic carbocycles. The van der Waals surface area contributed by atoms with Gasteiger partial charge < -0.3 is 25.2 Å². The molecule has 8 nitrogen and oxygen atoms in total. The molecule has 0 unspecified atom stereocenters. The molecular formula is C27H42O8. The number of aliphatic hydroxyl groups is 3. The van der Waals surface area contributed by atoms with Gasteiger partial charge in [0.25, 0.3) is 0 Å². The van der Waals surface area contributed by atoms with E-state index in [1.807, 2.05) is 20.8 Å². The van der Waals surface area contributed by atoms with Gasteiger partial charge in [-0.25, -0.2) is 4.79 Å². The molecule has 0 amide bonds. The average molecular weight is 495 g/mol. The Hall–Kier alpha value is -2.19. The quantitative estimate of drug-likeness (QED) is 0.215. The fourth-order valence-corrected chi connectivity index (χ4v) is 7.60. The third-order valence-electron chi connectivity index (χ3n) is 8.27. The molecule has 0 heterocycles. The number of hydrogen-bond donors (Lipinski definition) is 4. The molecule has 8 atom stereocenters. The monoisotopic (exact) mass is 494 g/mol. The molecule has 35 heavy (non-hydrogen) atoms. The van der Waals surface area contributed by atoms with E-state index in [0.29, 0.717) is 31.3 Å². The van der Waals surface area contributed by atoms with Crippen LogP contribution in [0.15, 0.2) is 24.0 Å². The Balaban J connectivity index is 2.43. The number of rotatable bonds is 9. The van der Waals surface area contributed by atoms with Crippen LogP contribution in [-0.4, -0.2) is 56.0 Å². The first-order valence-electron chi connectivity index (χ1n) is 12.4. The predicted octanol–water partition coefficient (Wildman–Crippen LogP) is 3.81. The minimum Gasteiger partial charge on any atom is -0.515 e. The van der Waals surface area contributed by atoms with Crippen LogP contribution in [0, 0.1) is 35.0 Å². The lowest BCUT2D eigenvalue weighted by Gasteiger charge is -2.62. The molecule has 0 saturated heterocycles. The van der Waals surface area contributed by atoms with Crippen LogP contribution < -0.4 is 0 Å². The van der Waals surface area contributed by atoms with Crippen molar-refractivity contribution in [2.75, 3.05) is 6.61 Å². The zero-order valence-electron chi connectivity index (χ0n) is 21.8. The standard InChI is InChI=1S/C27H42O8/c1-7-18(15-35-22(32)11-16(2)10-21(30)31)24-26(5,34)14-19-13-25(4,33)12-17(3)23(19)27(24,6)20(29)8-9-28/h8-10,17-19,23-24,28,33-34H,7,11-15H2,1-6H3,(H,30,31)/b9-8-,16-10+/t17-,18+,19-,23+,24+,25-,26-,27-/m1/s1. The third kappa shape index (κ3) is 6.33. The van der Waals surface area contributed by atoms with Crippen molar-refractivity contribution >= 4 is 17.7 Å². The number of carbonyl (C=O) groups is 3. The van der Waals surface area contributed by atoms with Crippen molar-refractivity contribution in [1.29, 1.82) is 0 Å². The van der Waals surface area contributed by atoms with Gasteiger partial charge in [0, 0.05) is 23.5 Å². The van der Waals surface area contributed by atoms with Gasteiger partial charge in [0.05, 0.1) is 30.5 Å². The van der Waals surface area contributed by atoms with Gasteiger partial charge in [-0.05, 0) is 70.1 Å². The summed E-state index contributed by atoms with van der Waals surface area (Å²) in [5.41, 5.74) is -2.87. The van der Waals surface area contributed by atoms with Crippen molar-refractivity contribution in [1.82, 2.24) is 0 Å². The molecule has 0 bridgehead atoms. The van der Waals surface area contributed by atoms with E-state index >= 15 is 0 Å². The van der Waals surface area contributed by atoms with Crippen LogP contribution in [0.2, 0.25) is 0 Å². The van der Waals surface area contributed by atoms with E-state index in [2.05, 4.69) is 0 Å². The smallest absolute Gasteiger partial charge is 0.328 e. The molecule has 2 rings (SSSR count). The SMILES string of the molecule is CC[C@@H](COC(=O)C/C(C)=C/C(=O)O)[C@@H]1[C@](C)(C(=O)/C=C\O)[C@@H]2[C@H](C[C@](C)(O)C[C@H]2C)C[C@@]1(C)O. The van der Waals surface area contributed by atoms with E-state index in [1.165, 1.54) is 6.92 Å². The molecular weight excluding hydrogens is 452 g/mol. The highest BCUT2D eigenvalue weighted by Crippen LogP contribution is 2.62. The Morgan fingerprint density at radius 1 is 1.11 bits per heavy atom. The second-order valence-corrected chi connectivity index (χ2v) is 11.5. The Morgan fingerprint density at radius 2 is 1.74 bits per heavy atom. The van der Waals surface area contributed by atoms with Gasteiger partial charge in [0.15, 0.2) is 5.78 Å². The normalized spacial score (nSPS) is 38.6. The number of ether oxygens (including phenoxy) is 1. The predicted molar refractivity (Wildman–Crippen MR) is 130 cm³/mol. The lowest BCUT2D eigenvalue weighted by atomic mass is 9.43. The zero-order valence-corrected chi connectivity index (χ0v) is 21.8. The van der Waals surface area contributed by atoms with Crippen LogP contribution in [0.3, 0.4) is 0 Å². The van der Waals surface area contributed by atoms with E-state index in [1.54, 1.807) is 13.8 Å². The molecule has 0 aromatic heterocycles. The molecule has 2 saturated carbocycles. The molecule has 198 valence electrons. The van der Waals surface area contributed by atoms with Crippen LogP contribution in [0.5, 0.6) is 0 Å². The topological polar surface area (TPSA) is 141 Å². The molecule has 0 spiro atoms. The highest BCUT2D eigenvalue weighted by molar-refractivity contribution is 5.95. The zero-order chi connectivity index (χ0) is 26.8. The van der Waals surface area contributed by atoms with Crippen LogP contribution in [0.1, 0.15) is 73.6 Å². The minimum absolute atomic E-state index is 0.00717. The van der Waals surface area contributed by atoms with Crippen molar-refractivity contribution in [2.45, 2.75) is 84.8 Å². The molecule has 4 N–H and O–H groups in total. The molecule has 0 aromatic rings. The number of carboxylic acids is 1. The third-order valence-corrected chi connectivity index (χ3v) is 8.27. The molecule has 2 fully saturated rings. The molecule has 0 aliphatic heterocycles. The number of ketones is 1. The van der Waals surface area contributed by atoms with Crippen LogP contribution in [0.4, 0.5) is 0 Å². The molecule has 0 radical (unpaired) electrons. The van der Waals surface area contributed by atoms with Gasteiger partial charge in [0.1, 0.15) is 0 Å². The number of carboxylic acid groups (broad SMARTS) is 1. The Bertz CT molecular complexity index is 870. The summed E-state index contributed by atoms with van der Waals surface area (Å²) in [7, 11) is 0. The highest BCUT2D eigenvalue weighted by atomic mass is 16.5. The number of hydrogen-bond acceptors (Lipinski definition) is 7. The molecule has 8 heteroatoms. The lowest BCUT2D eigenvalue weighted by molar-refractivity contribution is -0.210. The Labute approximate surface area is 208 Å².